The van der Waals surface area contributed by atoms with Crippen LogP contribution in [0.25, 0.3) is 0 Å². The predicted octanol–water partition coefficient (Wildman–Crippen LogP) is 2.57. The van der Waals surface area contributed by atoms with E-state index in [4.69, 9.17) is 5.11 Å². The highest BCUT2D eigenvalue weighted by atomic mass is 16.6. The number of carboxylic acid groups (broad SMARTS) is 1. The molecule has 0 aliphatic rings. The van der Waals surface area contributed by atoms with Gasteiger partial charge in [-0.05, 0) is 31.0 Å². The van der Waals surface area contributed by atoms with Gasteiger partial charge in [-0.1, -0.05) is 42.5 Å². The molecule has 24 heavy (non-hydrogen) atoms. The smallest absolute Gasteiger partial charge is 0.377 e. The van der Waals surface area contributed by atoms with Crippen molar-refractivity contribution in [1.82, 2.24) is 0 Å². The van der Waals surface area contributed by atoms with E-state index >= 15 is 0 Å². The second kappa shape index (κ2) is 8.99. The Labute approximate surface area is 138 Å². The zero-order valence-electron chi connectivity index (χ0n) is 13.2. The first kappa shape index (κ1) is 18.8. The van der Waals surface area contributed by atoms with Gasteiger partial charge in [0, 0.05) is 5.56 Å². The van der Waals surface area contributed by atoms with E-state index in [-0.39, 0.29) is 12.0 Å². The fourth-order valence-corrected chi connectivity index (χ4v) is 1.85. The molecule has 0 aromatic heterocycles. The van der Waals surface area contributed by atoms with Crippen LogP contribution < -0.4 is 0 Å². The van der Waals surface area contributed by atoms with Crippen molar-refractivity contribution in [2.45, 2.75) is 13.8 Å². The molecule has 0 heterocycles. The summed E-state index contributed by atoms with van der Waals surface area (Å²) in [6.45, 7) is 3.62. The van der Waals surface area contributed by atoms with Gasteiger partial charge in [0.1, 0.15) is 0 Å². The number of hydrogen-bond acceptors (Lipinski definition) is 5. The van der Waals surface area contributed by atoms with Gasteiger partial charge >= 0.3 is 18.4 Å². The van der Waals surface area contributed by atoms with Crippen molar-refractivity contribution in [3.63, 3.8) is 0 Å². The van der Waals surface area contributed by atoms with Gasteiger partial charge < -0.3 is 9.84 Å². The van der Waals surface area contributed by atoms with Crippen molar-refractivity contribution in [3.8, 4) is 0 Å². The van der Waals surface area contributed by atoms with Crippen LogP contribution in [0.5, 0.6) is 0 Å². The van der Waals surface area contributed by atoms with Gasteiger partial charge in [0.25, 0.3) is 5.78 Å². The third-order valence-electron chi connectivity index (χ3n) is 3.10. The molecule has 0 radical (unpaired) electrons. The van der Waals surface area contributed by atoms with Crippen molar-refractivity contribution in [1.29, 1.82) is 0 Å². The van der Waals surface area contributed by atoms with Crippen LogP contribution in [-0.4, -0.2) is 29.3 Å². The number of benzene rings is 2. The molecule has 0 aliphatic carbocycles. The molecule has 0 bridgehead atoms. The third-order valence-corrected chi connectivity index (χ3v) is 3.10. The Morgan fingerprint density at radius 2 is 1.33 bits per heavy atom. The summed E-state index contributed by atoms with van der Waals surface area (Å²) < 4.78 is 4.19. The molecule has 0 amide bonds. The molecule has 6 nitrogen and oxygen atoms in total. The number of carboxylic acids is 1. The van der Waals surface area contributed by atoms with Crippen LogP contribution in [0.2, 0.25) is 0 Å². The van der Waals surface area contributed by atoms with Crippen molar-refractivity contribution < 1.29 is 29.0 Å². The third kappa shape index (κ3) is 5.17. The van der Waals surface area contributed by atoms with Crippen LogP contribution in [-0.2, 0) is 14.3 Å². The topological polar surface area (TPSA) is 97.7 Å². The summed E-state index contributed by atoms with van der Waals surface area (Å²) >= 11 is 0. The van der Waals surface area contributed by atoms with Gasteiger partial charge in [-0.25, -0.2) is 9.59 Å². The number of aryl methyl sites for hydroxylation is 2. The maximum absolute atomic E-state index is 11.0. The lowest BCUT2D eigenvalue weighted by Crippen LogP contribution is -2.13. The van der Waals surface area contributed by atoms with Crippen molar-refractivity contribution in [2.75, 3.05) is 0 Å². The molecule has 0 saturated heterocycles. The second-order valence-corrected chi connectivity index (χ2v) is 4.77. The Balaban J connectivity index is 0.000000240. The average molecular weight is 328 g/mol. The molecule has 2 aromatic rings. The first-order valence-electron chi connectivity index (χ1n) is 6.92. The molecular weight excluding hydrogens is 312 g/mol. The van der Waals surface area contributed by atoms with Gasteiger partial charge in [-0.15, -0.1) is 0 Å². The summed E-state index contributed by atoms with van der Waals surface area (Å²) in [5, 5.41) is 8.41. The number of ketones is 1. The molecule has 1 N–H and O–H groups in total. The van der Waals surface area contributed by atoms with Gasteiger partial charge in [0.15, 0.2) is 0 Å². The number of hydrogen-bond donors (Lipinski definition) is 1. The minimum absolute atomic E-state index is 0.134. The lowest BCUT2D eigenvalue weighted by Gasteiger charge is -2.00. The summed E-state index contributed by atoms with van der Waals surface area (Å²) in [4.78, 5) is 42.1. The number of rotatable bonds is 4. The Bertz CT molecular complexity index is 764. The lowest BCUT2D eigenvalue weighted by molar-refractivity contribution is -0.131. The Hall–Kier alpha value is -3.28. The number of carbonyl (C=O) groups is 4. The van der Waals surface area contributed by atoms with E-state index in [9.17, 15) is 19.2 Å². The fourth-order valence-electron chi connectivity index (χ4n) is 1.85. The van der Waals surface area contributed by atoms with E-state index in [0.717, 1.165) is 5.56 Å². The molecule has 0 spiro atoms. The average Bonchev–Trinajstić information content (AvgIpc) is 2.56. The van der Waals surface area contributed by atoms with Gasteiger partial charge in [0.05, 0.1) is 5.56 Å². The Morgan fingerprint density at radius 3 is 1.75 bits per heavy atom. The molecule has 124 valence electrons. The largest absolute Gasteiger partial charge is 0.475 e. The molecule has 2 rings (SSSR count). The van der Waals surface area contributed by atoms with Crippen LogP contribution in [0, 0.1) is 13.8 Å². The highest BCUT2D eigenvalue weighted by Crippen LogP contribution is 2.08. The van der Waals surface area contributed by atoms with Crippen LogP contribution >= 0.6 is 0 Å². The molecule has 6 heteroatoms. The zero-order chi connectivity index (χ0) is 18.1. The summed E-state index contributed by atoms with van der Waals surface area (Å²) in [6, 6.07) is 13.5. The number of ether oxygens (including phenoxy) is 1. The van der Waals surface area contributed by atoms with E-state index in [1.807, 2.05) is 6.07 Å². The van der Waals surface area contributed by atoms with Crippen molar-refractivity contribution in [3.05, 3.63) is 70.8 Å². The van der Waals surface area contributed by atoms with Crippen LogP contribution in [0.4, 0.5) is 0 Å². The molecule has 0 aliphatic heterocycles. The summed E-state index contributed by atoms with van der Waals surface area (Å²) in [6.07, 6.45) is 0. The SMILES string of the molecule is Cc1ccccc1C(=O)C(=O)O.Cc1ccccc1C(=O)OC=O. The van der Waals surface area contributed by atoms with Crippen LogP contribution in [0.3, 0.4) is 0 Å². The number of aliphatic carboxylic acids is 1. The van der Waals surface area contributed by atoms with E-state index in [2.05, 4.69) is 4.74 Å². The minimum atomic E-state index is -1.41. The summed E-state index contributed by atoms with van der Waals surface area (Å²) in [7, 11) is 0. The number of esters is 1. The maximum Gasteiger partial charge on any atom is 0.377 e. The monoisotopic (exact) mass is 328 g/mol. The van der Waals surface area contributed by atoms with E-state index in [1.54, 1.807) is 50.2 Å². The van der Waals surface area contributed by atoms with Crippen molar-refractivity contribution in [2.24, 2.45) is 0 Å². The number of Topliss-reactive ketones (excluding diaryl/α,β-unsaturated/α-hetero) is 1. The fraction of sp³-hybridized carbons (Fsp3) is 0.111. The van der Waals surface area contributed by atoms with Gasteiger partial charge in [0.2, 0.25) is 0 Å². The highest BCUT2D eigenvalue weighted by Gasteiger charge is 2.15. The predicted molar refractivity (Wildman–Crippen MR) is 85.8 cm³/mol. The van der Waals surface area contributed by atoms with E-state index in [0.29, 0.717) is 11.1 Å². The lowest BCUT2D eigenvalue weighted by atomic mass is 10.1. The maximum atomic E-state index is 11.0. The summed E-state index contributed by atoms with van der Waals surface area (Å²) in [5.74, 6) is -2.87. The van der Waals surface area contributed by atoms with Gasteiger partial charge in [-0.3, -0.25) is 9.59 Å². The molecule has 2 aromatic carbocycles. The quantitative estimate of drug-likeness (QED) is 0.304. The normalized spacial score (nSPS) is 9.25. The van der Waals surface area contributed by atoms with E-state index in [1.165, 1.54) is 6.07 Å². The first-order chi connectivity index (χ1) is 11.4. The minimum Gasteiger partial charge on any atom is -0.475 e. The Kier molecular flexibility index (Phi) is 7.03. The molecule has 0 saturated carbocycles. The van der Waals surface area contributed by atoms with E-state index < -0.39 is 17.7 Å². The molecule has 0 unspecified atom stereocenters. The molecular formula is C18H16O6. The standard InChI is InChI=1S/2C9H8O3/c1-7-4-2-3-5-8(7)9(11)12-6-10;1-6-4-2-3-5-7(6)8(10)9(11)12/h2-6H,1H3;2-5H,1H3,(H,11,12). The molecule has 0 fully saturated rings. The second-order valence-electron chi connectivity index (χ2n) is 4.77. The number of carbonyl (C=O) groups excluding carboxylic acids is 3. The van der Waals surface area contributed by atoms with Crippen molar-refractivity contribution >= 4 is 24.2 Å². The van der Waals surface area contributed by atoms with Crippen LogP contribution in [0.1, 0.15) is 31.8 Å². The molecule has 0 atom stereocenters. The first-order valence-corrected chi connectivity index (χ1v) is 6.92. The van der Waals surface area contributed by atoms with Gasteiger partial charge in [-0.2, -0.15) is 0 Å². The highest BCUT2D eigenvalue weighted by molar-refractivity contribution is 6.40. The summed E-state index contributed by atoms with van der Waals surface area (Å²) in [5.41, 5.74) is 2.16. The Morgan fingerprint density at radius 1 is 0.875 bits per heavy atom. The zero-order valence-corrected chi connectivity index (χ0v) is 13.2. The van der Waals surface area contributed by atoms with Crippen LogP contribution in [0.15, 0.2) is 48.5 Å².